The van der Waals surface area contributed by atoms with Crippen molar-refractivity contribution in [2.75, 3.05) is 33.4 Å². The minimum absolute atomic E-state index is 0.00963. The largest absolute Gasteiger partial charge is 0.394 e. The molecule has 4 nitrogen and oxygen atoms in total. The van der Waals surface area contributed by atoms with E-state index < -0.39 is 0 Å². The van der Waals surface area contributed by atoms with E-state index in [1.165, 1.54) is 0 Å². The Bertz CT molecular complexity index is 384. The van der Waals surface area contributed by atoms with E-state index in [9.17, 15) is 4.79 Å². The summed E-state index contributed by atoms with van der Waals surface area (Å²) in [7, 11) is 1.75. The number of carbonyl (C=O) groups excluding carboxylic acids is 1. The maximum atomic E-state index is 11.9. The van der Waals surface area contributed by atoms with Crippen LogP contribution < -0.4 is 0 Å². The molecule has 1 N–H and O–H groups in total. The van der Waals surface area contributed by atoms with Gasteiger partial charge >= 0.3 is 0 Å². The van der Waals surface area contributed by atoms with E-state index >= 15 is 0 Å². The van der Waals surface area contributed by atoms with Crippen molar-refractivity contribution in [1.82, 2.24) is 4.90 Å². The molecule has 0 fully saturated rings. The predicted octanol–water partition coefficient (Wildman–Crippen LogP) is 1.46. The van der Waals surface area contributed by atoms with E-state index in [1.807, 2.05) is 24.3 Å². The summed E-state index contributed by atoms with van der Waals surface area (Å²) in [6.07, 6.45) is 0.385. The van der Waals surface area contributed by atoms with Crippen LogP contribution in [0, 0.1) is 0 Å². The number of halogens is 1. The van der Waals surface area contributed by atoms with Gasteiger partial charge in [-0.05, 0) is 17.7 Å². The summed E-state index contributed by atoms with van der Waals surface area (Å²) >= 11 is 3.38. The fraction of sp³-hybridized carbons (Fsp3) is 0.462. The average molecular weight is 316 g/mol. The van der Waals surface area contributed by atoms with Crippen LogP contribution in [0.1, 0.15) is 5.56 Å². The van der Waals surface area contributed by atoms with E-state index in [0.29, 0.717) is 26.2 Å². The molecule has 0 aliphatic carbocycles. The summed E-state index contributed by atoms with van der Waals surface area (Å²) < 4.78 is 6.10. The Morgan fingerprint density at radius 3 is 2.89 bits per heavy atom. The number of hydrogen-bond donors (Lipinski definition) is 1. The van der Waals surface area contributed by atoms with Gasteiger partial charge in [0.05, 0.1) is 26.2 Å². The lowest BCUT2D eigenvalue weighted by Gasteiger charge is -2.17. The van der Waals surface area contributed by atoms with Crippen LogP contribution in [-0.4, -0.2) is 49.3 Å². The number of nitrogens with zero attached hydrogens (tertiary/aromatic N) is 1. The van der Waals surface area contributed by atoms with Crippen molar-refractivity contribution in [3.8, 4) is 0 Å². The Labute approximate surface area is 116 Å². The second-order valence-corrected chi connectivity index (χ2v) is 4.87. The Kier molecular flexibility index (Phi) is 6.93. The first kappa shape index (κ1) is 15.1. The molecule has 1 amide bonds. The number of likely N-dealkylation sites (N-methyl/N-ethyl adjacent to an activating group) is 1. The van der Waals surface area contributed by atoms with E-state index in [2.05, 4.69) is 15.9 Å². The lowest BCUT2D eigenvalue weighted by molar-refractivity contribution is -0.129. The number of benzene rings is 1. The highest BCUT2D eigenvalue weighted by atomic mass is 79.9. The maximum Gasteiger partial charge on any atom is 0.226 e. The monoisotopic (exact) mass is 315 g/mol. The lowest BCUT2D eigenvalue weighted by atomic mass is 10.1. The zero-order valence-corrected chi connectivity index (χ0v) is 12.0. The fourth-order valence-electron chi connectivity index (χ4n) is 1.45. The SMILES string of the molecule is CN(CCOCCO)C(=O)Cc1cccc(Br)c1. The van der Waals surface area contributed by atoms with Gasteiger partial charge in [0.2, 0.25) is 5.91 Å². The quantitative estimate of drug-likeness (QED) is 0.775. The van der Waals surface area contributed by atoms with Crippen LogP contribution in [0.4, 0.5) is 0 Å². The lowest BCUT2D eigenvalue weighted by Crippen LogP contribution is -2.31. The highest BCUT2D eigenvalue weighted by Gasteiger charge is 2.09. The molecule has 0 radical (unpaired) electrons. The van der Waals surface area contributed by atoms with Crippen molar-refractivity contribution in [3.63, 3.8) is 0 Å². The second kappa shape index (κ2) is 8.24. The van der Waals surface area contributed by atoms with Crippen LogP contribution in [0.2, 0.25) is 0 Å². The minimum atomic E-state index is 0.00963. The number of aliphatic hydroxyl groups excluding tert-OH is 1. The molecule has 100 valence electrons. The van der Waals surface area contributed by atoms with Gasteiger partial charge in [-0.2, -0.15) is 0 Å². The van der Waals surface area contributed by atoms with Crippen molar-refractivity contribution in [2.24, 2.45) is 0 Å². The minimum Gasteiger partial charge on any atom is -0.394 e. The predicted molar refractivity (Wildman–Crippen MR) is 73.4 cm³/mol. The molecule has 0 atom stereocenters. The van der Waals surface area contributed by atoms with Crippen molar-refractivity contribution < 1.29 is 14.6 Å². The van der Waals surface area contributed by atoms with Crippen molar-refractivity contribution >= 4 is 21.8 Å². The topological polar surface area (TPSA) is 49.8 Å². The Morgan fingerprint density at radius 1 is 1.44 bits per heavy atom. The van der Waals surface area contributed by atoms with Crippen LogP contribution >= 0.6 is 15.9 Å². The van der Waals surface area contributed by atoms with E-state index in [-0.39, 0.29) is 12.5 Å². The van der Waals surface area contributed by atoms with Crippen LogP contribution in [0.25, 0.3) is 0 Å². The fourth-order valence-corrected chi connectivity index (χ4v) is 1.90. The molecule has 0 saturated heterocycles. The normalized spacial score (nSPS) is 10.4. The van der Waals surface area contributed by atoms with Gasteiger partial charge in [-0.3, -0.25) is 4.79 Å². The first-order valence-electron chi connectivity index (χ1n) is 5.80. The molecule has 1 aromatic rings. The number of hydrogen-bond acceptors (Lipinski definition) is 3. The molecule has 0 bridgehead atoms. The van der Waals surface area contributed by atoms with E-state index in [1.54, 1.807) is 11.9 Å². The van der Waals surface area contributed by atoms with Crippen LogP contribution in [0.5, 0.6) is 0 Å². The number of amides is 1. The van der Waals surface area contributed by atoms with Crippen LogP contribution in [0.3, 0.4) is 0 Å². The standard InChI is InChI=1S/C13H18BrNO3/c1-15(5-7-18-8-6-16)13(17)10-11-3-2-4-12(14)9-11/h2-4,9,16H,5-8,10H2,1H3. The summed E-state index contributed by atoms with van der Waals surface area (Å²) in [6.45, 7) is 1.30. The summed E-state index contributed by atoms with van der Waals surface area (Å²) in [4.78, 5) is 13.5. The molecule has 1 aromatic carbocycles. The van der Waals surface area contributed by atoms with Gasteiger partial charge in [-0.15, -0.1) is 0 Å². The molecular formula is C13H18BrNO3. The zero-order chi connectivity index (χ0) is 13.4. The average Bonchev–Trinajstić information content (AvgIpc) is 2.34. The van der Waals surface area contributed by atoms with Gasteiger partial charge in [0.15, 0.2) is 0 Å². The Balaban J connectivity index is 2.35. The summed E-state index contributed by atoms with van der Waals surface area (Å²) in [5.41, 5.74) is 0.984. The molecule has 0 aromatic heterocycles. The molecule has 0 unspecified atom stereocenters. The van der Waals surface area contributed by atoms with E-state index in [4.69, 9.17) is 9.84 Å². The molecule has 0 aliphatic heterocycles. The molecular weight excluding hydrogens is 298 g/mol. The third-order valence-electron chi connectivity index (χ3n) is 2.48. The highest BCUT2D eigenvalue weighted by molar-refractivity contribution is 9.10. The summed E-state index contributed by atoms with van der Waals surface area (Å²) in [5.74, 6) is 0.0562. The summed E-state index contributed by atoms with van der Waals surface area (Å²) in [6, 6.07) is 7.71. The molecule has 0 aliphatic rings. The summed E-state index contributed by atoms with van der Waals surface area (Å²) in [5, 5.41) is 8.55. The van der Waals surface area contributed by atoms with Crippen molar-refractivity contribution in [1.29, 1.82) is 0 Å². The van der Waals surface area contributed by atoms with Gasteiger partial charge < -0.3 is 14.7 Å². The van der Waals surface area contributed by atoms with Gasteiger partial charge in [0, 0.05) is 18.1 Å². The Morgan fingerprint density at radius 2 is 2.22 bits per heavy atom. The van der Waals surface area contributed by atoms with Gasteiger partial charge in [0.25, 0.3) is 0 Å². The number of carbonyl (C=O) groups is 1. The second-order valence-electron chi connectivity index (χ2n) is 3.96. The number of ether oxygens (including phenoxy) is 1. The van der Waals surface area contributed by atoms with Crippen molar-refractivity contribution in [2.45, 2.75) is 6.42 Å². The Hall–Kier alpha value is -0.910. The molecule has 0 spiro atoms. The number of aliphatic hydroxyl groups is 1. The van der Waals surface area contributed by atoms with Gasteiger partial charge in [-0.1, -0.05) is 28.1 Å². The maximum absolute atomic E-state index is 11.9. The zero-order valence-electron chi connectivity index (χ0n) is 10.4. The third kappa shape index (κ3) is 5.62. The third-order valence-corrected chi connectivity index (χ3v) is 2.97. The smallest absolute Gasteiger partial charge is 0.226 e. The van der Waals surface area contributed by atoms with Crippen LogP contribution in [0.15, 0.2) is 28.7 Å². The molecule has 0 saturated carbocycles. The highest BCUT2D eigenvalue weighted by Crippen LogP contribution is 2.12. The first-order chi connectivity index (χ1) is 8.63. The van der Waals surface area contributed by atoms with Gasteiger partial charge in [-0.25, -0.2) is 0 Å². The first-order valence-corrected chi connectivity index (χ1v) is 6.60. The van der Waals surface area contributed by atoms with E-state index in [0.717, 1.165) is 10.0 Å². The van der Waals surface area contributed by atoms with Crippen molar-refractivity contribution in [3.05, 3.63) is 34.3 Å². The molecule has 1 rings (SSSR count). The molecule has 18 heavy (non-hydrogen) atoms. The van der Waals surface area contributed by atoms with Gasteiger partial charge in [0.1, 0.15) is 0 Å². The molecule has 5 heteroatoms. The van der Waals surface area contributed by atoms with Crippen LogP contribution in [-0.2, 0) is 16.0 Å². The molecule has 0 heterocycles. The number of rotatable bonds is 7.